The Balaban J connectivity index is 1.82. The highest BCUT2D eigenvalue weighted by molar-refractivity contribution is 5.97. The van der Waals surface area contributed by atoms with Crippen molar-refractivity contribution < 1.29 is 9.90 Å². The lowest BCUT2D eigenvalue weighted by molar-refractivity contribution is -0.0860. The summed E-state index contributed by atoms with van der Waals surface area (Å²) in [6, 6.07) is 1.84. The lowest BCUT2D eigenvalue weighted by Crippen LogP contribution is -2.63. The van der Waals surface area contributed by atoms with Crippen LogP contribution < -0.4 is 0 Å². The number of aryl methyl sites for hydroxylation is 2. The highest BCUT2D eigenvalue weighted by Crippen LogP contribution is 2.27. The molecule has 1 aliphatic heterocycles. The normalized spacial score (nSPS) is 17.0. The molecule has 6 heteroatoms. The van der Waals surface area contributed by atoms with E-state index >= 15 is 0 Å². The molecule has 1 amide bonds. The van der Waals surface area contributed by atoms with Crippen molar-refractivity contribution in [3.63, 3.8) is 0 Å². The minimum absolute atomic E-state index is 0.0755. The summed E-state index contributed by atoms with van der Waals surface area (Å²) >= 11 is 0. The summed E-state index contributed by atoms with van der Waals surface area (Å²) in [5.41, 5.74) is 1.49. The Bertz CT molecular complexity index is 701. The smallest absolute Gasteiger partial charge is 0.255 e. The monoisotopic (exact) mass is 288 g/mol. The maximum Gasteiger partial charge on any atom is 0.255 e. The van der Waals surface area contributed by atoms with E-state index in [2.05, 4.69) is 10.1 Å². The molecule has 0 radical (unpaired) electrons. The minimum atomic E-state index is -0.702. The molecule has 0 unspecified atom stereocenters. The zero-order valence-electron chi connectivity index (χ0n) is 12.6. The van der Waals surface area contributed by atoms with Crippen LogP contribution in [0, 0.1) is 6.92 Å². The second kappa shape index (κ2) is 4.80. The van der Waals surface area contributed by atoms with E-state index in [1.807, 2.05) is 27.0 Å². The average Bonchev–Trinajstić information content (AvgIpc) is 2.70. The fourth-order valence-electron chi connectivity index (χ4n) is 3.04. The highest BCUT2D eigenvalue weighted by atomic mass is 16.3. The number of carbonyl (C=O) groups excluding carboxylic acids is 1. The van der Waals surface area contributed by atoms with Crippen LogP contribution in [0.5, 0.6) is 0 Å². The zero-order valence-corrected chi connectivity index (χ0v) is 12.6. The molecule has 0 atom stereocenters. The average molecular weight is 288 g/mol. The van der Waals surface area contributed by atoms with Gasteiger partial charge in [0.2, 0.25) is 0 Å². The lowest BCUT2D eigenvalue weighted by atomic mass is 9.89. The van der Waals surface area contributed by atoms with E-state index in [0.717, 1.165) is 29.6 Å². The fourth-order valence-corrected chi connectivity index (χ4v) is 3.04. The molecule has 0 aromatic carbocycles. The van der Waals surface area contributed by atoms with Crippen molar-refractivity contribution in [1.29, 1.82) is 0 Å². The van der Waals surface area contributed by atoms with Crippen molar-refractivity contribution >= 4 is 16.9 Å². The number of carbonyl (C=O) groups is 1. The maximum atomic E-state index is 12.4. The van der Waals surface area contributed by atoms with Crippen LogP contribution in [0.4, 0.5) is 0 Å². The standard InChI is InChI=1S/C15H20N4O2/c1-4-5-15(21)8-19(9-15)14(20)11-6-12-10(2)17-18(3)13(12)16-7-11/h6-7,21H,4-5,8-9H2,1-3H3. The van der Waals surface area contributed by atoms with Crippen molar-refractivity contribution in [3.05, 3.63) is 23.5 Å². The Morgan fingerprint density at radius 1 is 1.48 bits per heavy atom. The quantitative estimate of drug-likeness (QED) is 0.923. The molecule has 0 aliphatic carbocycles. The Labute approximate surface area is 123 Å². The Morgan fingerprint density at radius 3 is 2.86 bits per heavy atom. The maximum absolute atomic E-state index is 12.4. The van der Waals surface area contributed by atoms with Gasteiger partial charge >= 0.3 is 0 Å². The van der Waals surface area contributed by atoms with E-state index in [1.54, 1.807) is 15.8 Å². The Morgan fingerprint density at radius 2 is 2.19 bits per heavy atom. The van der Waals surface area contributed by atoms with Gasteiger partial charge in [0.15, 0.2) is 5.65 Å². The second-order valence-electron chi connectivity index (χ2n) is 5.94. The van der Waals surface area contributed by atoms with E-state index in [4.69, 9.17) is 0 Å². The fraction of sp³-hybridized carbons (Fsp3) is 0.533. The highest BCUT2D eigenvalue weighted by Gasteiger charge is 2.42. The molecular weight excluding hydrogens is 268 g/mol. The molecular formula is C15H20N4O2. The number of likely N-dealkylation sites (tertiary alicyclic amines) is 1. The Kier molecular flexibility index (Phi) is 3.20. The van der Waals surface area contributed by atoms with E-state index in [9.17, 15) is 9.90 Å². The molecule has 21 heavy (non-hydrogen) atoms. The number of hydrogen-bond acceptors (Lipinski definition) is 4. The van der Waals surface area contributed by atoms with Gasteiger partial charge in [-0.2, -0.15) is 5.10 Å². The number of β-amino-alcohol motifs (C(OH)–C–C–N with tert-alkyl or cyclic N) is 1. The van der Waals surface area contributed by atoms with Gasteiger partial charge in [0.25, 0.3) is 5.91 Å². The number of amides is 1. The van der Waals surface area contributed by atoms with Gasteiger partial charge in [-0.3, -0.25) is 9.48 Å². The van der Waals surface area contributed by atoms with Crippen molar-refractivity contribution in [2.24, 2.45) is 7.05 Å². The van der Waals surface area contributed by atoms with Crippen molar-refractivity contribution in [2.75, 3.05) is 13.1 Å². The van der Waals surface area contributed by atoms with Crippen LogP contribution >= 0.6 is 0 Å². The zero-order chi connectivity index (χ0) is 15.2. The molecule has 2 aromatic heterocycles. The van der Waals surface area contributed by atoms with Crippen molar-refractivity contribution in [1.82, 2.24) is 19.7 Å². The van der Waals surface area contributed by atoms with Gasteiger partial charge in [-0.15, -0.1) is 0 Å². The number of aliphatic hydroxyl groups is 1. The number of fused-ring (bicyclic) bond motifs is 1. The van der Waals surface area contributed by atoms with Crippen LogP contribution in [0.25, 0.3) is 11.0 Å². The molecule has 1 fully saturated rings. The summed E-state index contributed by atoms with van der Waals surface area (Å²) in [4.78, 5) is 18.4. The first-order valence-electron chi connectivity index (χ1n) is 7.24. The van der Waals surface area contributed by atoms with Gasteiger partial charge < -0.3 is 10.0 Å². The second-order valence-corrected chi connectivity index (χ2v) is 5.94. The van der Waals surface area contributed by atoms with Crippen LogP contribution in [0.15, 0.2) is 12.3 Å². The predicted octanol–water partition coefficient (Wildman–Crippen LogP) is 1.26. The van der Waals surface area contributed by atoms with Gasteiger partial charge in [-0.05, 0) is 19.4 Å². The number of aromatic nitrogens is 3. The predicted molar refractivity (Wildman–Crippen MR) is 79.0 cm³/mol. The topological polar surface area (TPSA) is 71.2 Å². The van der Waals surface area contributed by atoms with Crippen LogP contribution in [0.1, 0.15) is 35.8 Å². The van der Waals surface area contributed by atoms with Gasteiger partial charge in [0.1, 0.15) is 0 Å². The summed E-state index contributed by atoms with van der Waals surface area (Å²) in [6.45, 7) is 4.75. The molecule has 2 aromatic rings. The summed E-state index contributed by atoms with van der Waals surface area (Å²) in [6.07, 6.45) is 3.24. The van der Waals surface area contributed by atoms with E-state index in [-0.39, 0.29) is 5.91 Å². The van der Waals surface area contributed by atoms with Crippen molar-refractivity contribution in [3.8, 4) is 0 Å². The number of pyridine rings is 1. The van der Waals surface area contributed by atoms with Gasteiger partial charge in [0, 0.05) is 18.6 Å². The summed E-state index contributed by atoms with van der Waals surface area (Å²) in [5.74, 6) is -0.0755. The molecule has 0 spiro atoms. The lowest BCUT2D eigenvalue weighted by Gasteiger charge is -2.46. The van der Waals surface area contributed by atoms with Crippen LogP contribution in [-0.2, 0) is 7.05 Å². The van der Waals surface area contributed by atoms with Crippen LogP contribution in [0.3, 0.4) is 0 Å². The molecule has 112 valence electrons. The molecule has 1 aliphatic rings. The van der Waals surface area contributed by atoms with Crippen LogP contribution in [0.2, 0.25) is 0 Å². The third kappa shape index (κ3) is 2.29. The van der Waals surface area contributed by atoms with Crippen LogP contribution in [-0.4, -0.2) is 49.4 Å². The summed E-state index contributed by atoms with van der Waals surface area (Å²) in [5, 5.41) is 15.4. The van der Waals surface area contributed by atoms with Gasteiger partial charge in [-0.1, -0.05) is 13.3 Å². The van der Waals surface area contributed by atoms with E-state index < -0.39 is 5.60 Å². The largest absolute Gasteiger partial charge is 0.386 e. The third-order valence-corrected chi connectivity index (χ3v) is 4.08. The molecule has 3 heterocycles. The number of nitrogens with zero attached hydrogens (tertiary/aromatic N) is 4. The molecule has 1 N–H and O–H groups in total. The molecule has 1 saturated heterocycles. The van der Waals surface area contributed by atoms with Crippen molar-refractivity contribution in [2.45, 2.75) is 32.3 Å². The molecule has 3 rings (SSSR count). The van der Waals surface area contributed by atoms with E-state index in [0.29, 0.717) is 18.7 Å². The third-order valence-electron chi connectivity index (χ3n) is 4.08. The number of rotatable bonds is 3. The molecule has 6 nitrogen and oxygen atoms in total. The van der Waals surface area contributed by atoms with E-state index in [1.165, 1.54) is 0 Å². The first kappa shape index (κ1) is 14.0. The molecule has 0 saturated carbocycles. The first-order valence-corrected chi connectivity index (χ1v) is 7.24. The minimum Gasteiger partial charge on any atom is -0.386 e. The van der Waals surface area contributed by atoms with Gasteiger partial charge in [-0.25, -0.2) is 4.98 Å². The SMILES string of the molecule is CCCC1(O)CN(C(=O)c2cnc3c(c2)c(C)nn3C)C1. The first-order chi connectivity index (χ1) is 9.93. The number of hydrogen-bond donors (Lipinski definition) is 1. The Hall–Kier alpha value is -1.95. The molecule has 0 bridgehead atoms. The summed E-state index contributed by atoms with van der Waals surface area (Å²) < 4.78 is 1.71. The summed E-state index contributed by atoms with van der Waals surface area (Å²) in [7, 11) is 1.84. The van der Waals surface area contributed by atoms with Gasteiger partial charge in [0.05, 0.1) is 29.9 Å².